The van der Waals surface area contributed by atoms with Gasteiger partial charge in [-0.05, 0) is 72.5 Å². The van der Waals surface area contributed by atoms with Gasteiger partial charge in [0.25, 0.3) is 0 Å². The van der Waals surface area contributed by atoms with Crippen LogP contribution in [0.2, 0.25) is 5.15 Å². The molecule has 41 heavy (non-hydrogen) atoms. The highest BCUT2D eigenvalue weighted by molar-refractivity contribution is 6.29. The average Bonchev–Trinajstić information content (AvgIpc) is 2.87. The van der Waals surface area contributed by atoms with Crippen molar-refractivity contribution in [3.63, 3.8) is 0 Å². The molecule has 0 N–H and O–H groups in total. The van der Waals surface area contributed by atoms with Crippen LogP contribution in [0.3, 0.4) is 0 Å². The number of aryl methyl sites for hydroxylation is 1. The number of hydrogen-bond acceptors (Lipinski definition) is 4. The van der Waals surface area contributed by atoms with E-state index in [1.807, 2.05) is 4.90 Å². The van der Waals surface area contributed by atoms with Crippen molar-refractivity contribution in [2.45, 2.75) is 38.2 Å². The molecule has 0 unspecified atom stereocenters. The molecule has 0 radical (unpaired) electrons. The molecule has 2 atom stereocenters. The minimum atomic E-state index is -5.00. The minimum Gasteiger partial charge on any atom is -0.354 e. The van der Waals surface area contributed by atoms with Gasteiger partial charge in [-0.3, -0.25) is 4.79 Å². The first-order valence-corrected chi connectivity index (χ1v) is 12.5. The smallest absolute Gasteiger partial charge is 0.354 e. The summed E-state index contributed by atoms with van der Waals surface area (Å²) in [5.74, 6) is -1.56. The SMILES string of the molecule is Cc1cc(F)ccc1[C@@H]1CN(c2ccc(Cl)nn2)CC[C@H]1C(=O)N(C)Cc1cc(C(F)(F)F)cc(C(F)(F)F)c1.Cl. The molecule has 5 nitrogen and oxygen atoms in total. The van der Waals surface area contributed by atoms with Crippen molar-refractivity contribution in [1.82, 2.24) is 15.1 Å². The molecule has 1 aliphatic heterocycles. The van der Waals surface area contributed by atoms with E-state index in [4.69, 9.17) is 11.6 Å². The highest BCUT2D eigenvalue weighted by Gasteiger charge is 2.39. The summed E-state index contributed by atoms with van der Waals surface area (Å²) >= 11 is 5.84. The highest BCUT2D eigenvalue weighted by atomic mass is 35.5. The Balaban J connectivity index is 0.00000462. The van der Waals surface area contributed by atoms with Crippen LogP contribution in [0.25, 0.3) is 0 Å². The molecule has 222 valence electrons. The molecule has 2 heterocycles. The quantitative estimate of drug-likeness (QED) is 0.279. The van der Waals surface area contributed by atoms with Crippen LogP contribution in [0.5, 0.6) is 0 Å². The van der Waals surface area contributed by atoms with Crippen LogP contribution in [0.4, 0.5) is 36.6 Å². The second-order valence-electron chi connectivity index (χ2n) is 9.77. The van der Waals surface area contributed by atoms with Gasteiger partial charge < -0.3 is 9.80 Å². The van der Waals surface area contributed by atoms with Crippen molar-refractivity contribution in [2.24, 2.45) is 5.92 Å². The lowest BCUT2D eigenvalue weighted by Gasteiger charge is -2.40. The van der Waals surface area contributed by atoms with Crippen LogP contribution in [0.15, 0.2) is 48.5 Å². The van der Waals surface area contributed by atoms with E-state index >= 15 is 0 Å². The van der Waals surface area contributed by atoms with Gasteiger partial charge in [-0.25, -0.2) is 4.39 Å². The first-order valence-electron chi connectivity index (χ1n) is 12.2. The van der Waals surface area contributed by atoms with E-state index in [1.54, 1.807) is 25.1 Å². The lowest BCUT2D eigenvalue weighted by molar-refractivity contribution is -0.143. The number of aromatic nitrogens is 2. The van der Waals surface area contributed by atoms with Crippen molar-refractivity contribution in [3.05, 3.63) is 87.3 Å². The predicted molar refractivity (Wildman–Crippen MR) is 141 cm³/mol. The molecule has 0 saturated carbocycles. The maximum Gasteiger partial charge on any atom is 0.416 e. The van der Waals surface area contributed by atoms with Gasteiger partial charge in [-0.15, -0.1) is 22.6 Å². The second kappa shape index (κ2) is 12.4. The highest BCUT2D eigenvalue weighted by Crippen LogP contribution is 2.39. The molecule has 4 rings (SSSR count). The van der Waals surface area contributed by atoms with Crippen LogP contribution in [-0.2, 0) is 23.7 Å². The molecule has 0 spiro atoms. The van der Waals surface area contributed by atoms with Crippen molar-refractivity contribution in [1.29, 1.82) is 0 Å². The molecule has 1 aliphatic rings. The third-order valence-electron chi connectivity index (χ3n) is 6.95. The predicted octanol–water partition coefficient (Wildman–Crippen LogP) is 7.31. The lowest BCUT2D eigenvalue weighted by atomic mass is 9.78. The maximum atomic E-state index is 13.9. The summed E-state index contributed by atoms with van der Waals surface area (Å²) in [5.41, 5.74) is -1.91. The number of benzene rings is 2. The van der Waals surface area contributed by atoms with Gasteiger partial charge >= 0.3 is 12.4 Å². The number of amides is 1. The van der Waals surface area contributed by atoms with Gasteiger partial charge in [-0.2, -0.15) is 26.3 Å². The van der Waals surface area contributed by atoms with Crippen LogP contribution >= 0.6 is 24.0 Å². The van der Waals surface area contributed by atoms with Crippen molar-refractivity contribution in [2.75, 3.05) is 25.0 Å². The number of piperidine rings is 1. The molecule has 0 bridgehead atoms. The van der Waals surface area contributed by atoms with Gasteiger partial charge in [0.1, 0.15) is 5.82 Å². The number of anilines is 1. The number of carbonyl (C=O) groups excluding carboxylic acids is 1. The molecular formula is C27H25Cl2F7N4O. The van der Waals surface area contributed by atoms with Crippen molar-refractivity contribution < 1.29 is 35.5 Å². The van der Waals surface area contributed by atoms with Gasteiger partial charge in [0.15, 0.2) is 11.0 Å². The van der Waals surface area contributed by atoms with Gasteiger partial charge in [0, 0.05) is 38.5 Å². The van der Waals surface area contributed by atoms with E-state index in [-0.39, 0.29) is 35.7 Å². The summed E-state index contributed by atoms with van der Waals surface area (Å²) in [6.45, 7) is 1.89. The summed E-state index contributed by atoms with van der Waals surface area (Å²) in [7, 11) is 1.33. The Labute approximate surface area is 242 Å². The second-order valence-corrected chi connectivity index (χ2v) is 10.2. The molecule has 1 fully saturated rings. The average molecular weight is 625 g/mol. The molecule has 0 aliphatic carbocycles. The van der Waals surface area contributed by atoms with Gasteiger partial charge in [0.2, 0.25) is 5.91 Å². The molecule has 14 heteroatoms. The van der Waals surface area contributed by atoms with Gasteiger partial charge in [0.05, 0.1) is 11.1 Å². The Morgan fingerprint density at radius 3 is 2.17 bits per heavy atom. The molecule has 1 aromatic heterocycles. The third-order valence-corrected chi connectivity index (χ3v) is 7.15. The van der Waals surface area contributed by atoms with Crippen molar-refractivity contribution >= 4 is 35.7 Å². The van der Waals surface area contributed by atoms with Crippen molar-refractivity contribution in [3.8, 4) is 0 Å². The van der Waals surface area contributed by atoms with E-state index in [2.05, 4.69) is 10.2 Å². The van der Waals surface area contributed by atoms with Crippen LogP contribution in [0.1, 0.15) is 40.2 Å². The standard InChI is InChI=1S/C27H24ClF7N4O.ClH/c1-15-9-19(29)3-4-20(15)22-14-39(24-6-5-23(28)36-37-24)8-7-21(22)25(40)38(2)13-16-10-17(26(30,31)32)12-18(11-16)27(33,34)35;/h3-6,9-12,21-22H,7-8,13-14H2,1-2H3;1H/t21-,22+;/m1./s1. The number of rotatable bonds is 5. The Hall–Kier alpha value is -3.12. The minimum absolute atomic E-state index is 0. The molecule has 2 aromatic carbocycles. The fraction of sp³-hybridized carbons (Fsp3) is 0.370. The van der Waals surface area contributed by atoms with Gasteiger partial charge in [-0.1, -0.05) is 17.7 Å². The Bertz CT molecular complexity index is 1350. The number of nitrogens with zero attached hydrogens (tertiary/aromatic N) is 4. The largest absolute Gasteiger partial charge is 0.416 e. The third kappa shape index (κ3) is 7.59. The topological polar surface area (TPSA) is 49.3 Å². The summed E-state index contributed by atoms with van der Waals surface area (Å²) in [5, 5.41) is 8.14. The van der Waals surface area contributed by atoms with E-state index in [0.29, 0.717) is 42.0 Å². The van der Waals surface area contributed by atoms with E-state index in [0.717, 1.165) is 4.90 Å². The Kier molecular flexibility index (Phi) is 9.80. The molecule has 1 amide bonds. The number of carbonyl (C=O) groups is 1. The maximum absolute atomic E-state index is 13.9. The molecule has 3 aromatic rings. The Morgan fingerprint density at radius 2 is 1.63 bits per heavy atom. The first-order chi connectivity index (χ1) is 18.6. The van der Waals surface area contributed by atoms with E-state index in [9.17, 15) is 35.5 Å². The van der Waals surface area contributed by atoms with Crippen LogP contribution in [-0.4, -0.2) is 41.1 Å². The van der Waals surface area contributed by atoms with E-state index < -0.39 is 53.6 Å². The normalized spacial score (nSPS) is 17.7. The number of alkyl halides is 6. The fourth-order valence-electron chi connectivity index (χ4n) is 5.05. The summed E-state index contributed by atoms with van der Waals surface area (Å²) in [4.78, 5) is 16.7. The summed E-state index contributed by atoms with van der Waals surface area (Å²) in [6.07, 6.45) is -9.70. The zero-order valence-corrected chi connectivity index (χ0v) is 23.3. The number of hydrogen-bond donors (Lipinski definition) is 0. The molecule has 1 saturated heterocycles. The summed E-state index contributed by atoms with van der Waals surface area (Å²) in [6, 6.07) is 8.70. The van der Waals surface area contributed by atoms with E-state index in [1.165, 1.54) is 19.2 Å². The zero-order valence-electron chi connectivity index (χ0n) is 21.7. The monoisotopic (exact) mass is 624 g/mol. The van der Waals surface area contributed by atoms with Crippen LogP contribution in [0, 0.1) is 18.7 Å². The van der Waals surface area contributed by atoms with Crippen LogP contribution < -0.4 is 4.90 Å². The lowest BCUT2D eigenvalue weighted by Crippen LogP contribution is -2.46. The first kappa shape index (κ1) is 32.4. The summed E-state index contributed by atoms with van der Waals surface area (Å²) < 4.78 is 93.9. The number of halogens is 9. The Morgan fingerprint density at radius 1 is 1.00 bits per heavy atom. The zero-order chi connectivity index (χ0) is 29.4. The molecular weight excluding hydrogens is 600 g/mol. The fourth-order valence-corrected chi connectivity index (χ4v) is 5.15.